The Morgan fingerprint density at radius 2 is 2.11 bits per heavy atom. The third-order valence-electron chi connectivity index (χ3n) is 0.976. The number of aryl methyl sites for hydroxylation is 1. The lowest BCUT2D eigenvalue weighted by Gasteiger charge is -1.88. The predicted octanol–water partition coefficient (Wildman–Crippen LogP) is 2.53. The number of furan rings is 1. The molecule has 0 fully saturated rings. The van der Waals surface area contributed by atoms with E-state index in [0.717, 1.165) is 0 Å². The maximum atomic E-state index is 11.7. The van der Waals surface area contributed by atoms with Gasteiger partial charge in [-0.25, -0.2) is 8.78 Å². The van der Waals surface area contributed by atoms with Crippen LogP contribution < -0.4 is 0 Å². The van der Waals surface area contributed by atoms with Gasteiger partial charge in [-0.2, -0.15) is 0 Å². The summed E-state index contributed by atoms with van der Waals surface area (Å²) >= 11 is 0. The van der Waals surface area contributed by atoms with Crippen LogP contribution in [0, 0.1) is 6.92 Å². The molecule has 0 aliphatic heterocycles. The van der Waals surface area contributed by atoms with Gasteiger partial charge in [0.05, 0.1) is 0 Å². The van der Waals surface area contributed by atoms with E-state index in [0.29, 0.717) is 5.76 Å². The monoisotopic (exact) mass is 132 g/mol. The molecule has 0 radical (unpaired) electrons. The van der Waals surface area contributed by atoms with E-state index in [2.05, 4.69) is 4.42 Å². The van der Waals surface area contributed by atoms with Gasteiger partial charge in [0, 0.05) is 0 Å². The first-order valence-corrected chi connectivity index (χ1v) is 2.54. The van der Waals surface area contributed by atoms with E-state index in [4.69, 9.17) is 0 Å². The highest BCUT2D eigenvalue weighted by Crippen LogP contribution is 2.20. The number of halogens is 2. The standard InChI is InChI=1S/C6H6F2O/c1-4-2-3-5(9-4)6(7)8/h2-3,6H,1H3. The van der Waals surface area contributed by atoms with Crippen LogP contribution in [-0.4, -0.2) is 0 Å². The molecule has 1 aromatic heterocycles. The van der Waals surface area contributed by atoms with Gasteiger partial charge in [-0.1, -0.05) is 0 Å². The summed E-state index contributed by atoms with van der Waals surface area (Å²) < 4.78 is 28.0. The first-order chi connectivity index (χ1) is 4.20. The summed E-state index contributed by atoms with van der Waals surface area (Å²) in [4.78, 5) is 0. The summed E-state index contributed by atoms with van der Waals surface area (Å²) in [7, 11) is 0. The maximum Gasteiger partial charge on any atom is 0.295 e. The Morgan fingerprint density at radius 3 is 2.33 bits per heavy atom. The van der Waals surface area contributed by atoms with Crippen LogP contribution in [0.25, 0.3) is 0 Å². The molecule has 1 aromatic rings. The number of rotatable bonds is 1. The van der Waals surface area contributed by atoms with Gasteiger partial charge in [-0.15, -0.1) is 0 Å². The topological polar surface area (TPSA) is 13.1 Å². The third-order valence-corrected chi connectivity index (χ3v) is 0.976. The Hall–Kier alpha value is -0.860. The minimum absolute atomic E-state index is 0.257. The van der Waals surface area contributed by atoms with Gasteiger partial charge in [0.25, 0.3) is 6.43 Å². The van der Waals surface area contributed by atoms with Crippen molar-refractivity contribution in [2.45, 2.75) is 13.3 Å². The largest absolute Gasteiger partial charge is 0.460 e. The van der Waals surface area contributed by atoms with E-state index >= 15 is 0 Å². The van der Waals surface area contributed by atoms with Crippen LogP contribution in [0.4, 0.5) is 8.78 Å². The Bertz CT molecular complexity index is 193. The molecule has 0 N–H and O–H groups in total. The summed E-state index contributed by atoms with van der Waals surface area (Å²) in [5.41, 5.74) is 0. The first kappa shape index (κ1) is 6.26. The summed E-state index contributed by atoms with van der Waals surface area (Å²) in [5, 5.41) is 0. The van der Waals surface area contributed by atoms with Gasteiger partial charge in [0.2, 0.25) is 0 Å². The second-order valence-corrected chi connectivity index (χ2v) is 1.75. The molecule has 0 bridgehead atoms. The quantitative estimate of drug-likeness (QED) is 0.572. The van der Waals surface area contributed by atoms with E-state index in [-0.39, 0.29) is 5.76 Å². The van der Waals surface area contributed by atoms with Crippen molar-refractivity contribution in [3.8, 4) is 0 Å². The van der Waals surface area contributed by atoms with Gasteiger partial charge >= 0.3 is 0 Å². The van der Waals surface area contributed by atoms with Crippen molar-refractivity contribution < 1.29 is 13.2 Å². The molecule has 0 aliphatic carbocycles. The summed E-state index contributed by atoms with van der Waals surface area (Å²) in [6.07, 6.45) is -2.49. The number of hydrogen-bond acceptors (Lipinski definition) is 1. The molecule has 0 atom stereocenters. The van der Waals surface area contributed by atoms with Crippen LogP contribution in [0.5, 0.6) is 0 Å². The summed E-state index contributed by atoms with van der Waals surface area (Å²) in [5.74, 6) is 0.262. The minimum Gasteiger partial charge on any atom is -0.460 e. The van der Waals surface area contributed by atoms with Gasteiger partial charge < -0.3 is 4.42 Å². The van der Waals surface area contributed by atoms with Crippen LogP contribution in [-0.2, 0) is 0 Å². The molecule has 1 rings (SSSR count). The lowest BCUT2D eigenvalue weighted by molar-refractivity contribution is 0.120. The average molecular weight is 132 g/mol. The Balaban J connectivity index is 2.85. The molecule has 0 aromatic carbocycles. The van der Waals surface area contributed by atoms with Crippen LogP contribution in [0.15, 0.2) is 16.5 Å². The smallest absolute Gasteiger partial charge is 0.295 e. The first-order valence-electron chi connectivity index (χ1n) is 2.54. The zero-order valence-electron chi connectivity index (χ0n) is 4.90. The fourth-order valence-corrected chi connectivity index (χ4v) is 0.571. The van der Waals surface area contributed by atoms with E-state index in [1.165, 1.54) is 12.1 Å². The third kappa shape index (κ3) is 1.28. The van der Waals surface area contributed by atoms with Crippen molar-refractivity contribution >= 4 is 0 Å². The minimum atomic E-state index is -2.49. The zero-order chi connectivity index (χ0) is 6.85. The van der Waals surface area contributed by atoms with Crippen molar-refractivity contribution in [3.63, 3.8) is 0 Å². The molecular weight excluding hydrogens is 126 g/mol. The fraction of sp³-hybridized carbons (Fsp3) is 0.333. The Kier molecular flexibility index (Phi) is 1.51. The van der Waals surface area contributed by atoms with E-state index in [1.807, 2.05) is 0 Å². The lowest BCUT2D eigenvalue weighted by Crippen LogP contribution is -1.75. The average Bonchev–Trinajstić information content (AvgIpc) is 2.14. The molecule has 0 amide bonds. The van der Waals surface area contributed by atoms with Crippen molar-refractivity contribution in [2.75, 3.05) is 0 Å². The van der Waals surface area contributed by atoms with Crippen LogP contribution in [0.1, 0.15) is 17.9 Å². The Morgan fingerprint density at radius 1 is 1.44 bits per heavy atom. The Labute approximate surface area is 51.3 Å². The maximum absolute atomic E-state index is 11.7. The molecule has 3 heteroatoms. The molecule has 0 saturated heterocycles. The SMILES string of the molecule is Cc1ccc(C(F)F)o1. The molecular formula is C6H6F2O. The summed E-state index contributed by atoms with van der Waals surface area (Å²) in [6, 6.07) is 2.79. The number of hydrogen-bond donors (Lipinski definition) is 0. The fourth-order valence-electron chi connectivity index (χ4n) is 0.571. The summed E-state index contributed by atoms with van der Waals surface area (Å²) in [6.45, 7) is 1.63. The molecule has 0 unspecified atom stereocenters. The van der Waals surface area contributed by atoms with Gasteiger partial charge in [0.15, 0.2) is 5.76 Å². The van der Waals surface area contributed by atoms with Crippen LogP contribution in [0.3, 0.4) is 0 Å². The van der Waals surface area contributed by atoms with Crippen molar-refractivity contribution in [3.05, 3.63) is 23.7 Å². The van der Waals surface area contributed by atoms with Crippen molar-refractivity contribution in [1.82, 2.24) is 0 Å². The predicted molar refractivity (Wildman–Crippen MR) is 28.4 cm³/mol. The van der Waals surface area contributed by atoms with Gasteiger partial charge in [-0.05, 0) is 19.1 Å². The molecule has 50 valence electrons. The van der Waals surface area contributed by atoms with Crippen LogP contribution >= 0.6 is 0 Å². The molecule has 0 spiro atoms. The normalized spacial score (nSPS) is 10.7. The molecule has 0 aliphatic rings. The zero-order valence-corrected chi connectivity index (χ0v) is 4.90. The van der Waals surface area contributed by atoms with Crippen molar-refractivity contribution in [2.24, 2.45) is 0 Å². The van der Waals surface area contributed by atoms with Crippen LogP contribution in [0.2, 0.25) is 0 Å². The molecule has 1 heterocycles. The van der Waals surface area contributed by atoms with E-state index < -0.39 is 6.43 Å². The highest BCUT2D eigenvalue weighted by Gasteiger charge is 2.09. The molecule has 0 saturated carbocycles. The second kappa shape index (κ2) is 2.17. The highest BCUT2D eigenvalue weighted by atomic mass is 19.3. The van der Waals surface area contributed by atoms with E-state index in [9.17, 15) is 8.78 Å². The van der Waals surface area contributed by atoms with E-state index in [1.54, 1.807) is 6.92 Å². The molecule has 1 nitrogen and oxygen atoms in total. The van der Waals surface area contributed by atoms with Gasteiger partial charge in [0.1, 0.15) is 5.76 Å². The lowest BCUT2D eigenvalue weighted by atomic mass is 10.4. The highest BCUT2D eigenvalue weighted by molar-refractivity contribution is 5.05. The van der Waals surface area contributed by atoms with Crippen molar-refractivity contribution in [1.29, 1.82) is 0 Å². The molecule has 9 heavy (non-hydrogen) atoms. The number of alkyl halides is 2. The van der Waals surface area contributed by atoms with Gasteiger partial charge in [-0.3, -0.25) is 0 Å². The second-order valence-electron chi connectivity index (χ2n) is 1.75.